The molecule has 2 saturated heterocycles. The summed E-state index contributed by atoms with van der Waals surface area (Å²) in [6, 6.07) is 8.70. The van der Waals surface area contributed by atoms with Crippen molar-refractivity contribution in [2.45, 2.75) is 89.9 Å². The van der Waals surface area contributed by atoms with E-state index in [1.165, 1.54) is 6.92 Å². The van der Waals surface area contributed by atoms with Crippen molar-refractivity contribution in [3.05, 3.63) is 47.3 Å². The molecule has 2 N–H and O–H groups in total. The van der Waals surface area contributed by atoms with E-state index in [1.54, 1.807) is 33.3 Å². The minimum absolute atomic E-state index is 0.0449. The summed E-state index contributed by atoms with van der Waals surface area (Å²) in [7, 11) is 0. The van der Waals surface area contributed by atoms with Gasteiger partial charge < -0.3 is 20.4 Å². The van der Waals surface area contributed by atoms with Gasteiger partial charge in [-0.3, -0.25) is 24.0 Å². The van der Waals surface area contributed by atoms with Gasteiger partial charge in [-0.1, -0.05) is 51.3 Å². The molecule has 230 valence electrons. The summed E-state index contributed by atoms with van der Waals surface area (Å²) in [5, 5.41) is 7.82. The van der Waals surface area contributed by atoms with E-state index in [-0.39, 0.29) is 47.8 Å². The summed E-state index contributed by atoms with van der Waals surface area (Å²) in [5.74, 6) is -1.12. The van der Waals surface area contributed by atoms with Crippen molar-refractivity contribution in [2.24, 2.45) is 11.8 Å². The number of likely N-dealkylation sites (tertiary alicyclic amines) is 2. The number of nitrogens with zero attached hydrogens (tertiary/aromatic N) is 2. The quantitative estimate of drug-likeness (QED) is 0.447. The van der Waals surface area contributed by atoms with Crippen molar-refractivity contribution < 1.29 is 24.0 Å². The zero-order valence-electron chi connectivity index (χ0n) is 25.2. The monoisotopic (exact) mass is 606 g/mol. The fourth-order valence-corrected chi connectivity index (χ4v) is 7.70. The molecule has 10 heteroatoms. The second kappa shape index (κ2) is 13.4. The van der Waals surface area contributed by atoms with E-state index in [9.17, 15) is 24.0 Å². The van der Waals surface area contributed by atoms with Crippen LogP contribution in [-0.2, 0) is 19.2 Å². The van der Waals surface area contributed by atoms with E-state index in [4.69, 9.17) is 0 Å². The fraction of sp³-hybridized carbons (Fsp3) is 0.545. The molecule has 1 aliphatic carbocycles. The molecule has 0 radical (unpaired) electrons. The first-order valence-electron chi connectivity index (χ1n) is 15.5. The number of rotatable bonds is 9. The Morgan fingerprint density at radius 2 is 1.65 bits per heavy atom. The van der Waals surface area contributed by atoms with Crippen molar-refractivity contribution in [1.82, 2.24) is 20.4 Å². The molecule has 4 atom stereocenters. The molecule has 2 aliphatic heterocycles. The lowest BCUT2D eigenvalue weighted by atomic mass is 9.83. The Morgan fingerprint density at radius 1 is 0.930 bits per heavy atom. The van der Waals surface area contributed by atoms with Crippen molar-refractivity contribution in [3.63, 3.8) is 0 Å². The Kier molecular flexibility index (Phi) is 9.64. The standard InChI is InChI=1S/C33H42N4O5S/c1-20(2)18-25(35-31(40)24-13-11-22(12-14-24)28-10-7-17-43-28)32(41)36-16-15-26-30(36)27(39)19-37(26)33(42)29(34-21(3)38)23-8-5-4-6-9-23/h7,10-14,17,20,23,25-26,29-30H,4-6,8-9,15-16,18-19H2,1-3H3,(H,34,38)(H,35,40). The maximum absolute atomic E-state index is 13.9. The van der Waals surface area contributed by atoms with Gasteiger partial charge in [-0.2, -0.15) is 0 Å². The molecule has 0 spiro atoms. The van der Waals surface area contributed by atoms with Crippen LogP contribution in [-0.4, -0.2) is 76.5 Å². The van der Waals surface area contributed by atoms with Gasteiger partial charge in [-0.05, 0) is 66.7 Å². The van der Waals surface area contributed by atoms with Crippen LogP contribution in [0.5, 0.6) is 0 Å². The Hall–Kier alpha value is -3.53. The molecular weight excluding hydrogens is 564 g/mol. The Bertz CT molecular complexity index is 1340. The van der Waals surface area contributed by atoms with Gasteiger partial charge in [0, 0.05) is 23.9 Å². The molecule has 1 aromatic heterocycles. The Morgan fingerprint density at radius 3 is 2.28 bits per heavy atom. The molecule has 1 saturated carbocycles. The summed E-state index contributed by atoms with van der Waals surface area (Å²) in [6.45, 7) is 5.65. The summed E-state index contributed by atoms with van der Waals surface area (Å²) >= 11 is 1.63. The first kappa shape index (κ1) is 30.9. The number of nitrogens with one attached hydrogen (secondary N) is 2. The third-order valence-corrected chi connectivity index (χ3v) is 9.92. The minimum atomic E-state index is -0.796. The zero-order valence-corrected chi connectivity index (χ0v) is 26.0. The number of hydrogen-bond acceptors (Lipinski definition) is 6. The molecule has 43 heavy (non-hydrogen) atoms. The van der Waals surface area contributed by atoms with Crippen LogP contribution in [0.1, 0.15) is 76.1 Å². The molecule has 2 aromatic rings. The van der Waals surface area contributed by atoms with Crippen molar-refractivity contribution in [1.29, 1.82) is 0 Å². The number of ketones is 1. The minimum Gasteiger partial charge on any atom is -0.344 e. The number of carbonyl (C=O) groups excluding carboxylic acids is 5. The van der Waals surface area contributed by atoms with Gasteiger partial charge >= 0.3 is 0 Å². The average molecular weight is 607 g/mol. The van der Waals surface area contributed by atoms with Gasteiger partial charge in [0.2, 0.25) is 17.7 Å². The summed E-state index contributed by atoms with van der Waals surface area (Å²) in [4.78, 5) is 70.7. The summed E-state index contributed by atoms with van der Waals surface area (Å²) in [5.41, 5.74) is 1.48. The van der Waals surface area contributed by atoms with E-state index in [2.05, 4.69) is 10.6 Å². The lowest BCUT2D eigenvalue weighted by molar-refractivity contribution is -0.139. The predicted molar refractivity (Wildman–Crippen MR) is 165 cm³/mol. The fourth-order valence-electron chi connectivity index (χ4n) is 6.97. The predicted octanol–water partition coefficient (Wildman–Crippen LogP) is 4.03. The van der Waals surface area contributed by atoms with Gasteiger partial charge in [0.25, 0.3) is 5.91 Å². The first-order valence-corrected chi connectivity index (χ1v) is 16.4. The number of hydrogen-bond donors (Lipinski definition) is 2. The number of carbonyl (C=O) groups is 5. The van der Waals surface area contributed by atoms with Crippen LogP contribution in [0.25, 0.3) is 10.4 Å². The van der Waals surface area contributed by atoms with E-state index in [1.807, 2.05) is 43.5 Å². The van der Waals surface area contributed by atoms with Crippen LogP contribution < -0.4 is 10.6 Å². The second-order valence-corrected chi connectivity index (χ2v) is 13.5. The van der Waals surface area contributed by atoms with Crippen LogP contribution in [0.4, 0.5) is 0 Å². The molecule has 3 aliphatic rings. The highest BCUT2D eigenvalue weighted by Gasteiger charge is 2.53. The molecule has 9 nitrogen and oxygen atoms in total. The van der Waals surface area contributed by atoms with E-state index in [0.717, 1.165) is 42.5 Å². The van der Waals surface area contributed by atoms with Crippen molar-refractivity contribution >= 4 is 40.7 Å². The van der Waals surface area contributed by atoms with Gasteiger partial charge in [0.15, 0.2) is 5.78 Å². The number of fused-ring (bicyclic) bond motifs is 1. The largest absolute Gasteiger partial charge is 0.344 e. The smallest absolute Gasteiger partial charge is 0.251 e. The van der Waals surface area contributed by atoms with Crippen molar-refractivity contribution in [3.8, 4) is 10.4 Å². The van der Waals surface area contributed by atoms with Crippen LogP contribution in [0.15, 0.2) is 41.8 Å². The highest BCUT2D eigenvalue weighted by molar-refractivity contribution is 7.13. The molecule has 3 fully saturated rings. The first-order chi connectivity index (χ1) is 20.6. The molecular formula is C33H42N4O5S. The topological polar surface area (TPSA) is 116 Å². The lowest BCUT2D eigenvalue weighted by Crippen LogP contribution is -2.55. The zero-order chi connectivity index (χ0) is 30.7. The molecule has 5 rings (SSSR count). The van der Waals surface area contributed by atoms with Crippen LogP contribution >= 0.6 is 11.3 Å². The number of amides is 4. The van der Waals surface area contributed by atoms with Crippen LogP contribution in [0, 0.1) is 11.8 Å². The highest BCUT2D eigenvalue weighted by atomic mass is 32.1. The second-order valence-electron chi connectivity index (χ2n) is 12.6. The Labute approximate surface area is 257 Å². The molecule has 0 bridgehead atoms. The lowest BCUT2D eigenvalue weighted by Gasteiger charge is -2.34. The summed E-state index contributed by atoms with van der Waals surface area (Å²) < 4.78 is 0. The number of benzene rings is 1. The maximum atomic E-state index is 13.9. The maximum Gasteiger partial charge on any atom is 0.251 e. The van der Waals surface area contributed by atoms with Crippen molar-refractivity contribution in [2.75, 3.05) is 13.1 Å². The summed E-state index contributed by atoms with van der Waals surface area (Å²) in [6.07, 6.45) is 5.80. The third-order valence-electron chi connectivity index (χ3n) is 9.00. The van der Waals surface area contributed by atoms with Gasteiger partial charge in [-0.25, -0.2) is 0 Å². The molecule has 1 aromatic carbocycles. The van der Waals surface area contributed by atoms with Crippen LogP contribution in [0.3, 0.4) is 0 Å². The van der Waals surface area contributed by atoms with Crippen LogP contribution in [0.2, 0.25) is 0 Å². The van der Waals surface area contributed by atoms with E-state index in [0.29, 0.717) is 24.9 Å². The Balaban J connectivity index is 1.29. The average Bonchev–Trinajstić information content (AvgIpc) is 3.74. The van der Waals surface area contributed by atoms with Gasteiger partial charge in [-0.15, -0.1) is 11.3 Å². The molecule has 4 unspecified atom stereocenters. The van der Waals surface area contributed by atoms with Gasteiger partial charge in [0.1, 0.15) is 18.1 Å². The number of thiophene rings is 1. The van der Waals surface area contributed by atoms with E-state index < -0.39 is 24.2 Å². The van der Waals surface area contributed by atoms with Gasteiger partial charge in [0.05, 0.1) is 12.6 Å². The number of Topliss-reactive ketones (excluding diaryl/α,β-unsaturated/α-hetero) is 1. The SMILES string of the molecule is CC(=O)NC(C(=O)N1CC(=O)C2C1CCN2C(=O)C(CC(C)C)NC(=O)c1ccc(-c2cccs2)cc1)C1CCCCC1. The molecule has 4 amide bonds. The van der Waals surface area contributed by atoms with E-state index >= 15 is 0 Å². The highest BCUT2D eigenvalue weighted by Crippen LogP contribution is 2.34. The normalized spacial score (nSPS) is 21.9. The molecule has 3 heterocycles. The third kappa shape index (κ3) is 6.84.